The molecule has 0 aliphatic carbocycles. The van der Waals surface area contributed by atoms with Gasteiger partial charge >= 0.3 is 0 Å². The second-order valence-corrected chi connectivity index (χ2v) is 5.48. The molecule has 0 aromatic heterocycles. The number of benzene rings is 1. The van der Waals surface area contributed by atoms with Gasteiger partial charge in [0.15, 0.2) is 0 Å². The Hall–Kier alpha value is -1.90. The molecule has 2 amide bonds. The van der Waals surface area contributed by atoms with E-state index in [0.29, 0.717) is 29.2 Å². The summed E-state index contributed by atoms with van der Waals surface area (Å²) < 4.78 is 0. The van der Waals surface area contributed by atoms with Crippen LogP contribution in [0.15, 0.2) is 35.4 Å². The van der Waals surface area contributed by atoms with Crippen molar-refractivity contribution in [3.8, 4) is 0 Å². The summed E-state index contributed by atoms with van der Waals surface area (Å²) in [6.07, 6.45) is 0.652. The zero-order chi connectivity index (χ0) is 14.2. The molecule has 1 aliphatic heterocycles. The number of nitrogens with zero attached hydrogens (tertiary/aromatic N) is 1. The molecule has 1 aliphatic rings. The lowest BCUT2D eigenvalue weighted by Crippen LogP contribution is -2.31. The Morgan fingerprint density at radius 2 is 1.58 bits per heavy atom. The fourth-order valence-electron chi connectivity index (χ4n) is 2.26. The van der Waals surface area contributed by atoms with Gasteiger partial charge in [0.1, 0.15) is 0 Å². The largest absolute Gasteiger partial charge is 0.269 e. The first-order valence-electron chi connectivity index (χ1n) is 6.57. The van der Waals surface area contributed by atoms with E-state index in [-0.39, 0.29) is 11.8 Å². The van der Waals surface area contributed by atoms with E-state index in [2.05, 4.69) is 0 Å². The molecule has 1 aromatic rings. The summed E-state index contributed by atoms with van der Waals surface area (Å²) in [6.45, 7) is 7.82. The van der Waals surface area contributed by atoms with Crippen LogP contribution in [0.5, 0.6) is 0 Å². The molecular weight excluding hydrogens is 238 g/mol. The Morgan fingerprint density at radius 1 is 1.00 bits per heavy atom. The Balaban J connectivity index is 2.34. The van der Waals surface area contributed by atoms with E-state index in [1.807, 2.05) is 45.0 Å². The predicted molar refractivity (Wildman–Crippen MR) is 75.8 cm³/mol. The Kier molecular flexibility index (Phi) is 3.56. The number of aryl methyl sites for hydroxylation is 1. The number of amides is 2. The highest BCUT2D eigenvalue weighted by Gasteiger charge is 2.36. The number of hydrogen-bond acceptors (Lipinski definition) is 2. The van der Waals surface area contributed by atoms with E-state index >= 15 is 0 Å². The lowest BCUT2D eigenvalue weighted by Gasteiger charge is -2.15. The Bertz CT molecular complexity index is 553. The van der Waals surface area contributed by atoms with Crippen molar-refractivity contribution in [2.24, 2.45) is 5.92 Å². The van der Waals surface area contributed by atoms with Gasteiger partial charge in [0, 0.05) is 11.1 Å². The number of imide groups is 1. The summed E-state index contributed by atoms with van der Waals surface area (Å²) >= 11 is 0. The number of anilines is 1. The first kappa shape index (κ1) is 13.5. The molecule has 0 bridgehead atoms. The topological polar surface area (TPSA) is 37.4 Å². The van der Waals surface area contributed by atoms with Crippen LogP contribution in [0.1, 0.15) is 32.8 Å². The van der Waals surface area contributed by atoms with Gasteiger partial charge in [-0.15, -0.1) is 0 Å². The molecule has 3 nitrogen and oxygen atoms in total. The van der Waals surface area contributed by atoms with Crippen LogP contribution in [0.2, 0.25) is 0 Å². The maximum Gasteiger partial charge on any atom is 0.261 e. The molecule has 0 saturated heterocycles. The average Bonchev–Trinajstić information content (AvgIpc) is 2.55. The standard InChI is InChI=1S/C16H19NO2/c1-10(2)9-14-12(4)15(18)17(16(14)19)13-7-5-11(3)6-8-13/h5-8,10H,9H2,1-4H3. The Labute approximate surface area is 113 Å². The highest BCUT2D eigenvalue weighted by atomic mass is 16.2. The molecule has 0 N–H and O–H groups in total. The fraction of sp³-hybridized carbons (Fsp3) is 0.375. The summed E-state index contributed by atoms with van der Waals surface area (Å²) in [5, 5.41) is 0. The van der Waals surface area contributed by atoms with Crippen LogP contribution in [-0.2, 0) is 9.59 Å². The lowest BCUT2D eigenvalue weighted by molar-refractivity contribution is -0.120. The van der Waals surface area contributed by atoms with E-state index < -0.39 is 0 Å². The van der Waals surface area contributed by atoms with E-state index in [9.17, 15) is 9.59 Å². The second kappa shape index (κ2) is 5.00. The third kappa shape index (κ3) is 2.46. The fourth-order valence-corrected chi connectivity index (χ4v) is 2.26. The van der Waals surface area contributed by atoms with E-state index in [0.717, 1.165) is 5.56 Å². The minimum atomic E-state index is -0.190. The third-order valence-corrected chi connectivity index (χ3v) is 3.34. The minimum absolute atomic E-state index is 0.167. The normalized spacial score (nSPS) is 15.9. The highest BCUT2D eigenvalue weighted by molar-refractivity contribution is 6.32. The lowest BCUT2D eigenvalue weighted by atomic mass is 10.0. The average molecular weight is 257 g/mol. The van der Waals surface area contributed by atoms with Gasteiger partial charge in [0.2, 0.25) is 0 Å². The summed E-state index contributed by atoms with van der Waals surface area (Å²) in [7, 11) is 0. The van der Waals surface area contributed by atoms with Crippen molar-refractivity contribution in [2.75, 3.05) is 4.90 Å². The van der Waals surface area contributed by atoms with Gasteiger partial charge in [0.05, 0.1) is 5.69 Å². The maximum atomic E-state index is 12.4. The van der Waals surface area contributed by atoms with Crippen molar-refractivity contribution in [3.63, 3.8) is 0 Å². The van der Waals surface area contributed by atoms with Crippen LogP contribution < -0.4 is 4.90 Å². The van der Waals surface area contributed by atoms with Crippen molar-refractivity contribution in [2.45, 2.75) is 34.1 Å². The van der Waals surface area contributed by atoms with Crippen molar-refractivity contribution < 1.29 is 9.59 Å². The molecule has 19 heavy (non-hydrogen) atoms. The quantitative estimate of drug-likeness (QED) is 0.780. The van der Waals surface area contributed by atoms with E-state index in [4.69, 9.17) is 0 Å². The van der Waals surface area contributed by atoms with Crippen LogP contribution in [0.4, 0.5) is 5.69 Å². The number of carbonyl (C=O) groups excluding carboxylic acids is 2. The van der Waals surface area contributed by atoms with Crippen molar-refractivity contribution in [1.29, 1.82) is 0 Å². The molecule has 1 aromatic carbocycles. The monoisotopic (exact) mass is 257 g/mol. The van der Waals surface area contributed by atoms with E-state index in [1.165, 1.54) is 4.90 Å². The molecule has 2 rings (SSSR count). The zero-order valence-electron chi connectivity index (χ0n) is 11.9. The molecular formula is C16H19NO2. The molecule has 0 saturated carbocycles. The van der Waals surface area contributed by atoms with Gasteiger partial charge in [-0.1, -0.05) is 31.5 Å². The molecule has 0 atom stereocenters. The molecule has 0 radical (unpaired) electrons. The van der Waals surface area contributed by atoms with Crippen molar-refractivity contribution in [3.05, 3.63) is 41.0 Å². The molecule has 100 valence electrons. The van der Waals surface area contributed by atoms with Gasteiger partial charge in [-0.2, -0.15) is 0 Å². The van der Waals surface area contributed by atoms with Gasteiger partial charge in [-0.05, 0) is 38.3 Å². The molecule has 0 unspecified atom stereocenters. The highest BCUT2D eigenvalue weighted by Crippen LogP contribution is 2.30. The van der Waals surface area contributed by atoms with Gasteiger partial charge in [-0.3, -0.25) is 9.59 Å². The van der Waals surface area contributed by atoms with Crippen molar-refractivity contribution in [1.82, 2.24) is 0 Å². The summed E-state index contributed by atoms with van der Waals surface area (Å²) in [6, 6.07) is 7.45. The van der Waals surface area contributed by atoms with E-state index in [1.54, 1.807) is 6.92 Å². The van der Waals surface area contributed by atoms with Crippen LogP contribution in [0, 0.1) is 12.8 Å². The number of carbonyl (C=O) groups is 2. The first-order valence-corrected chi connectivity index (χ1v) is 6.57. The second-order valence-electron chi connectivity index (χ2n) is 5.48. The smallest absolute Gasteiger partial charge is 0.261 e. The third-order valence-electron chi connectivity index (χ3n) is 3.34. The van der Waals surface area contributed by atoms with Crippen LogP contribution in [0.25, 0.3) is 0 Å². The molecule has 0 fully saturated rings. The summed E-state index contributed by atoms with van der Waals surface area (Å²) in [5.41, 5.74) is 2.99. The maximum absolute atomic E-state index is 12.4. The van der Waals surface area contributed by atoms with Crippen LogP contribution in [-0.4, -0.2) is 11.8 Å². The zero-order valence-corrected chi connectivity index (χ0v) is 11.9. The van der Waals surface area contributed by atoms with Gasteiger partial charge in [0.25, 0.3) is 11.8 Å². The SMILES string of the molecule is CC1=C(CC(C)C)C(=O)N(c2ccc(C)cc2)C1=O. The molecule has 1 heterocycles. The minimum Gasteiger partial charge on any atom is -0.269 e. The van der Waals surface area contributed by atoms with Crippen LogP contribution >= 0.6 is 0 Å². The Morgan fingerprint density at radius 3 is 2.11 bits per heavy atom. The van der Waals surface area contributed by atoms with Gasteiger partial charge < -0.3 is 0 Å². The van der Waals surface area contributed by atoms with Gasteiger partial charge in [-0.25, -0.2) is 4.90 Å². The van der Waals surface area contributed by atoms with Crippen LogP contribution in [0.3, 0.4) is 0 Å². The number of hydrogen-bond donors (Lipinski definition) is 0. The predicted octanol–water partition coefficient (Wildman–Crippen LogP) is 3.23. The molecule has 0 spiro atoms. The van der Waals surface area contributed by atoms with Crippen molar-refractivity contribution >= 4 is 17.5 Å². The summed E-state index contributed by atoms with van der Waals surface area (Å²) in [5.74, 6) is 0.00391. The summed E-state index contributed by atoms with van der Waals surface area (Å²) in [4.78, 5) is 25.9. The first-order chi connectivity index (χ1) is 8.91. The molecule has 3 heteroatoms. The number of rotatable bonds is 3.